The lowest BCUT2D eigenvalue weighted by atomic mass is 10.1. The summed E-state index contributed by atoms with van der Waals surface area (Å²) in [5, 5.41) is -0.258. The van der Waals surface area contributed by atoms with Crippen LogP contribution in [0.1, 0.15) is 23.6 Å². The number of benzene rings is 2. The molecule has 1 aliphatic heterocycles. The second kappa shape index (κ2) is 8.31. The van der Waals surface area contributed by atoms with Crippen LogP contribution >= 0.6 is 11.8 Å². The number of ether oxygens (including phenoxy) is 2. The molecule has 3 rings (SSSR count). The topological polar surface area (TPSA) is 55.8 Å². The average Bonchev–Trinajstić information content (AvgIpc) is 2.90. The van der Waals surface area contributed by atoms with Crippen LogP contribution in [0.2, 0.25) is 0 Å². The Balaban J connectivity index is 1.82. The Hall–Kier alpha value is -2.73. The number of amides is 2. The molecule has 0 spiro atoms. The summed E-state index contributed by atoms with van der Waals surface area (Å²) in [4.78, 5) is 26.7. The lowest BCUT2D eigenvalue weighted by Crippen LogP contribution is -2.27. The maximum absolute atomic E-state index is 12.7. The van der Waals surface area contributed by atoms with Crippen LogP contribution in [0.3, 0.4) is 0 Å². The molecule has 2 aromatic carbocycles. The van der Waals surface area contributed by atoms with Crippen LogP contribution in [-0.2, 0) is 11.3 Å². The van der Waals surface area contributed by atoms with Crippen LogP contribution in [0.5, 0.6) is 11.5 Å². The highest BCUT2D eigenvalue weighted by Crippen LogP contribution is 2.35. The first-order chi connectivity index (χ1) is 13.0. The first kappa shape index (κ1) is 19.0. The van der Waals surface area contributed by atoms with E-state index in [2.05, 4.69) is 0 Å². The van der Waals surface area contributed by atoms with Crippen molar-refractivity contribution in [3.8, 4) is 11.5 Å². The van der Waals surface area contributed by atoms with Crippen LogP contribution in [0.4, 0.5) is 4.79 Å². The summed E-state index contributed by atoms with van der Waals surface area (Å²) >= 11 is 0.956. The fourth-order valence-electron chi connectivity index (χ4n) is 2.83. The molecule has 140 valence electrons. The third-order valence-electron chi connectivity index (χ3n) is 4.08. The molecule has 27 heavy (non-hydrogen) atoms. The molecule has 0 aromatic heterocycles. The third kappa shape index (κ3) is 4.34. The van der Waals surface area contributed by atoms with Gasteiger partial charge in [-0.3, -0.25) is 14.5 Å². The Morgan fingerprint density at radius 1 is 1.11 bits per heavy atom. The zero-order chi connectivity index (χ0) is 19.4. The van der Waals surface area contributed by atoms with E-state index in [1.807, 2.05) is 44.2 Å². The fraction of sp³-hybridized carbons (Fsp3) is 0.238. The second-order valence-corrected chi connectivity index (χ2v) is 7.09. The van der Waals surface area contributed by atoms with Crippen molar-refractivity contribution in [1.82, 2.24) is 4.90 Å². The summed E-state index contributed by atoms with van der Waals surface area (Å²) in [5.74, 6) is 0.953. The van der Waals surface area contributed by atoms with Gasteiger partial charge in [-0.1, -0.05) is 35.9 Å². The van der Waals surface area contributed by atoms with Crippen LogP contribution in [0.15, 0.2) is 47.4 Å². The zero-order valence-electron chi connectivity index (χ0n) is 15.5. The number of nitrogens with zero attached hydrogens (tertiary/aromatic N) is 1. The number of carbonyl (C=O) groups is 2. The van der Waals surface area contributed by atoms with Gasteiger partial charge in [0.15, 0.2) is 11.5 Å². The van der Waals surface area contributed by atoms with Gasteiger partial charge in [0, 0.05) is 0 Å². The molecule has 0 saturated carbocycles. The number of carbonyl (C=O) groups excluding carboxylic acids is 2. The molecule has 2 amide bonds. The number of methoxy groups -OCH3 is 1. The van der Waals surface area contributed by atoms with Crippen molar-refractivity contribution in [2.45, 2.75) is 20.4 Å². The minimum Gasteiger partial charge on any atom is -0.493 e. The summed E-state index contributed by atoms with van der Waals surface area (Å²) in [6.45, 7) is 4.66. The molecule has 6 heteroatoms. The van der Waals surface area contributed by atoms with Gasteiger partial charge in [-0.15, -0.1) is 0 Å². The minimum absolute atomic E-state index is 0.258. The van der Waals surface area contributed by atoms with E-state index in [1.54, 1.807) is 25.3 Å². The number of thioether (sulfide) groups is 1. The van der Waals surface area contributed by atoms with E-state index in [1.165, 1.54) is 4.90 Å². The van der Waals surface area contributed by atoms with E-state index in [4.69, 9.17) is 9.47 Å². The average molecular weight is 383 g/mol. The summed E-state index contributed by atoms with van der Waals surface area (Å²) in [6, 6.07) is 13.2. The number of hydrogen-bond acceptors (Lipinski definition) is 5. The summed E-state index contributed by atoms with van der Waals surface area (Å²) in [5.41, 5.74) is 2.80. The van der Waals surface area contributed by atoms with Crippen LogP contribution in [0, 0.1) is 6.92 Å². The standard InChI is InChI=1S/C21H21NO4S/c1-4-26-18-11-15(8-9-17(18)25-3)12-19-20(23)22(21(24)27-19)13-16-7-5-6-14(2)10-16/h5-12H,4,13H2,1-3H3/b19-12+. The van der Waals surface area contributed by atoms with Gasteiger partial charge in [-0.05, 0) is 54.9 Å². The highest BCUT2D eigenvalue weighted by atomic mass is 32.2. The van der Waals surface area contributed by atoms with Gasteiger partial charge in [0.1, 0.15) is 0 Å². The highest BCUT2D eigenvalue weighted by Gasteiger charge is 2.35. The van der Waals surface area contributed by atoms with E-state index in [9.17, 15) is 9.59 Å². The van der Waals surface area contributed by atoms with Gasteiger partial charge < -0.3 is 9.47 Å². The fourth-order valence-corrected chi connectivity index (χ4v) is 3.67. The number of hydrogen-bond donors (Lipinski definition) is 0. The van der Waals surface area contributed by atoms with Gasteiger partial charge in [0.2, 0.25) is 0 Å². The van der Waals surface area contributed by atoms with Crippen molar-refractivity contribution >= 4 is 29.0 Å². The van der Waals surface area contributed by atoms with Crippen LogP contribution in [-0.4, -0.2) is 29.8 Å². The molecule has 0 bridgehead atoms. The van der Waals surface area contributed by atoms with E-state index in [0.717, 1.165) is 28.5 Å². The Morgan fingerprint density at radius 2 is 1.93 bits per heavy atom. The van der Waals surface area contributed by atoms with Crippen molar-refractivity contribution in [3.63, 3.8) is 0 Å². The molecule has 1 fully saturated rings. The Bertz CT molecular complexity index is 907. The molecule has 0 unspecified atom stereocenters. The molecule has 0 N–H and O–H groups in total. The highest BCUT2D eigenvalue weighted by molar-refractivity contribution is 8.18. The molecular weight excluding hydrogens is 362 g/mol. The van der Waals surface area contributed by atoms with E-state index < -0.39 is 0 Å². The first-order valence-electron chi connectivity index (χ1n) is 8.63. The first-order valence-corrected chi connectivity index (χ1v) is 9.45. The Morgan fingerprint density at radius 3 is 2.63 bits per heavy atom. The maximum atomic E-state index is 12.7. The molecule has 1 saturated heterocycles. The van der Waals surface area contributed by atoms with Crippen molar-refractivity contribution in [2.24, 2.45) is 0 Å². The SMILES string of the molecule is CCOc1cc(/C=C2/SC(=O)N(Cc3cccc(C)c3)C2=O)ccc1OC. The lowest BCUT2D eigenvalue weighted by molar-refractivity contribution is -0.123. The van der Waals surface area contributed by atoms with Crippen molar-refractivity contribution in [1.29, 1.82) is 0 Å². The Kier molecular flexibility index (Phi) is 5.86. The van der Waals surface area contributed by atoms with Crippen molar-refractivity contribution in [3.05, 3.63) is 64.1 Å². The summed E-state index contributed by atoms with van der Waals surface area (Å²) in [6.07, 6.45) is 1.71. The van der Waals surface area contributed by atoms with Crippen molar-refractivity contribution < 1.29 is 19.1 Å². The molecule has 1 heterocycles. The molecule has 2 aromatic rings. The molecule has 5 nitrogen and oxygen atoms in total. The molecule has 1 aliphatic rings. The summed E-state index contributed by atoms with van der Waals surface area (Å²) in [7, 11) is 1.58. The van der Waals surface area contributed by atoms with Crippen LogP contribution in [0.25, 0.3) is 6.08 Å². The predicted octanol–water partition coefficient (Wildman–Crippen LogP) is 4.64. The van der Waals surface area contributed by atoms with E-state index >= 15 is 0 Å². The van der Waals surface area contributed by atoms with Gasteiger partial charge in [0.25, 0.3) is 11.1 Å². The maximum Gasteiger partial charge on any atom is 0.293 e. The zero-order valence-corrected chi connectivity index (χ0v) is 16.3. The normalized spacial score (nSPS) is 15.5. The van der Waals surface area contributed by atoms with Crippen molar-refractivity contribution in [2.75, 3.05) is 13.7 Å². The quantitative estimate of drug-likeness (QED) is 0.680. The van der Waals surface area contributed by atoms with Gasteiger partial charge in [-0.2, -0.15) is 0 Å². The minimum atomic E-state index is -0.278. The second-order valence-electron chi connectivity index (χ2n) is 6.10. The monoisotopic (exact) mass is 383 g/mol. The smallest absolute Gasteiger partial charge is 0.293 e. The van der Waals surface area contributed by atoms with Gasteiger partial charge >= 0.3 is 0 Å². The van der Waals surface area contributed by atoms with E-state index in [0.29, 0.717) is 23.0 Å². The number of aryl methyl sites for hydroxylation is 1. The molecule has 0 atom stereocenters. The van der Waals surface area contributed by atoms with Crippen LogP contribution < -0.4 is 9.47 Å². The Labute approximate surface area is 163 Å². The largest absolute Gasteiger partial charge is 0.493 e. The lowest BCUT2D eigenvalue weighted by Gasteiger charge is -2.12. The van der Waals surface area contributed by atoms with Gasteiger partial charge in [0.05, 0.1) is 25.2 Å². The molecule has 0 aliphatic carbocycles. The number of rotatable bonds is 6. The number of imide groups is 1. The third-order valence-corrected chi connectivity index (χ3v) is 4.99. The summed E-state index contributed by atoms with van der Waals surface area (Å²) < 4.78 is 10.8. The van der Waals surface area contributed by atoms with E-state index in [-0.39, 0.29) is 17.7 Å². The molecule has 0 radical (unpaired) electrons. The van der Waals surface area contributed by atoms with Gasteiger partial charge in [-0.25, -0.2) is 0 Å². The predicted molar refractivity (Wildman–Crippen MR) is 107 cm³/mol. The molecular formula is C21H21NO4S.